The summed E-state index contributed by atoms with van der Waals surface area (Å²) in [5.74, 6) is 1.70. The lowest BCUT2D eigenvalue weighted by Gasteiger charge is -2.52. The van der Waals surface area contributed by atoms with Gasteiger partial charge in [-0.05, 0) is 74.1 Å². The number of hydrogen-bond acceptors (Lipinski definition) is 5. The number of piperidine rings is 1. The van der Waals surface area contributed by atoms with Crippen LogP contribution in [0.4, 0.5) is 9.52 Å². The molecule has 2 aliphatic carbocycles. The van der Waals surface area contributed by atoms with Crippen molar-refractivity contribution < 1.29 is 8.91 Å². The van der Waals surface area contributed by atoms with Crippen molar-refractivity contribution in [2.45, 2.75) is 50.4 Å². The van der Waals surface area contributed by atoms with E-state index in [1.54, 1.807) is 17.4 Å². The summed E-state index contributed by atoms with van der Waals surface area (Å²) in [7, 11) is 0. The molecule has 35 heavy (non-hydrogen) atoms. The highest BCUT2D eigenvalue weighted by Gasteiger charge is 2.50. The van der Waals surface area contributed by atoms with Crippen LogP contribution in [0, 0.1) is 11.2 Å². The summed E-state index contributed by atoms with van der Waals surface area (Å²) in [5, 5.41) is 6.66. The predicted octanol–water partition coefficient (Wildman–Crippen LogP) is 8.44. The Morgan fingerprint density at radius 2 is 1.71 bits per heavy atom. The lowest BCUT2D eigenvalue weighted by atomic mass is 9.55. The molecule has 1 aliphatic heterocycles. The normalized spacial score (nSPS) is 20.0. The van der Waals surface area contributed by atoms with Crippen molar-refractivity contribution in [2.24, 2.45) is 5.41 Å². The van der Waals surface area contributed by atoms with E-state index in [-0.39, 0.29) is 5.82 Å². The molecular weight excluding hydrogens is 504 g/mol. The van der Waals surface area contributed by atoms with E-state index in [4.69, 9.17) is 27.7 Å². The van der Waals surface area contributed by atoms with E-state index in [2.05, 4.69) is 15.0 Å². The number of nitrogens with zero attached hydrogens (tertiary/aromatic N) is 3. The predicted molar refractivity (Wildman–Crippen MR) is 139 cm³/mol. The van der Waals surface area contributed by atoms with E-state index in [1.165, 1.54) is 11.6 Å². The molecule has 3 heterocycles. The summed E-state index contributed by atoms with van der Waals surface area (Å²) < 4.78 is 21.0. The zero-order valence-corrected chi connectivity index (χ0v) is 21.4. The molecule has 0 radical (unpaired) electrons. The van der Waals surface area contributed by atoms with Crippen LogP contribution in [0.5, 0.6) is 0 Å². The summed E-state index contributed by atoms with van der Waals surface area (Å²) in [6, 6.07) is 10.8. The number of aromatic nitrogens is 2. The van der Waals surface area contributed by atoms with Gasteiger partial charge in [0.05, 0.1) is 14.7 Å². The first-order valence-corrected chi connectivity index (χ1v) is 13.8. The topological polar surface area (TPSA) is 42.2 Å². The summed E-state index contributed by atoms with van der Waals surface area (Å²) in [4.78, 5) is 6.93. The third-order valence-corrected chi connectivity index (χ3v) is 9.84. The molecular formula is C27H24Cl2FN3OS. The fourth-order valence-corrected chi connectivity index (χ4v) is 7.67. The molecule has 3 aliphatic rings. The summed E-state index contributed by atoms with van der Waals surface area (Å²) in [6.07, 6.45) is 6.82. The maximum absolute atomic E-state index is 14.1. The standard InChI is InChI=1S/C27H24Cl2FN3OS/c28-17-3-1-4-18(29)22(17)24-21(25(34-32-24)15-7-8-15)16-13-27(14-16)9-11-33(12-10-27)26-31-23-19(30)5-2-6-20(23)35-26/h1-6,15-16H,7-14H2. The van der Waals surface area contributed by atoms with E-state index in [0.29, 0.717) is 32.8 Å². The lowest BCUT2D eigenvalue weighted by Crippen LogP contribution is -2.46. The monoisotopic (exact) mass is 527 g/mol. The second-order valence-corrected chi connectivity index (χ2v) is 12.2. The van der Waals surface area contributed by atoms with Gasteiger partial charge in [-0.2, -0.15) is 0 Å². The van der Waals surface area contributed by atoms with Crippen molar-refractivity contribution in [3.63, 3.8) is 0 Å². The maximum atomic E-state index is 14.1. The second kappa shape index (κ2) is 8.19. The van der Waals surface area contributed by atoms with Crippen LogP contribution in [0.25, 0.3) is 21.5 Å². The number of thiazole rings is 1. The first-order valence-electron chi connectivity index (χ1n) is 12.3. The van der Waals surface area contributed by atoms with Gasteiger partial charge in [-0.1, -0.05) is 51.8 Å². The Bertz CT molecular complexity index is 1410. The number of rotatable bonds is 4. The molecule has 0 bridgehead atoms. The number of benzene rings is 2. The van der Waals surface area contributed by atoms with Gasteiger partial charge in [0.25, 0.3) is 0 Å². The highest BCUT2D eigenvalue weighted by Crippen LogP contribution is 2.61. The van der Waals surface area contributed by atoms with E-state index < -0.39 is 0 Å². The van der Waals surface area contributed by atoms with Crippen molar-refractivity contribution in [1.82, 2.24) is 10.1 Å². The average molecular weight is 528 g/mol. The third kappa shape index (κ3) is 3.68. The zero-order chi connectivity index (χ0) is 23.7. The molecule has 3 fully saturated rings. The Balaban J connectivity index is 1.11. The minimum absolute atomic E-state index is 0.241. The molecule has 2 aromatic heterocycles. The van der Waals surface area contributed by atoms with Gasteiger partial charge in [0.1, 0.15) is 22.8 Å². The lowest BCUT2D eigenvalue weighted by molar-refractivity contribution is 0.0676. The molecule has 2 saturated carbocycles. The second-order valence-electron chi connectivity index (χ2n) is 10.4. The molecule has 1 spiro atoms. The number of fused-ring (bicyclic) bond motifs is 1. The molecule has 4 aromatic rings. The van der Waals surface area contributed by atoms with Crippen molar-refractivity contribution >= 4 is 49.9 Å². The van der Waals surface area contributed by atoms with Crippen LogP contribution < -0.4 is 4.90 Å². The Kier molecular flexibility index (Phi) is 5.16. The van der Waals surface area contributed by atoms with Gasteiger partial charge < -0.3 is 9.42 Å². The van der Waals surface area contributed by atoms with Crippen molar-refractivity contribution in [3.05, 3.63) is 63.6 Å². The van der Waals surface area contributed by atoms with Gasteiger partial charge in [-0.25, -0.2) is 9.37 Å². The third-order valence-electron chi connectivity index (χ3n) is 8.12. The number of hydrogen-bond donors (Lipinski definition) is 0. The van der Waals surface area contributed by atoms with Gasteiger partial charge in [0.15, 0.2) is 5.13 Å². The van der Waals surface area contributed by atoms with Crippen LogP contribution in [-0.2, 0) is 0 Å². The summed E-state index contributed by atoms with van der Waals surface area (Å²) >= 11 is 14.7. The maximum Gasteiger partial charge on any atom is 0.186 e. The Hall–Kier alpha value is -2.15. The molecule has 2 aromatic carbocycles. The van der Waals surface area contributed by atoms with Crippen molar-refractivity contribution in [2.75, 3.05) is 18.0 Å². The fourth-order valence-electron chi connectivity index (χ4n) is 6.06. The Labute approximate surface area is 217 Å². The number of para-hydroxylation sites is 1. The summed E-state index contributed by atoms with van der Waals surface area (Å²) in [6.45, 7) is 1.91. The molecule has 1 saturated heterocycles. The number of halogens is 3. The van der Waals surface area contributed by atoms with Crippen LogP contribution in [0.3, 0.4) is 0 Å². The van der Waals surface area contributed by atoms with Crippen LogP contribution in [0.15, 0.2) is 40.9 Å². The smallest absolute Gasteiger partial charge is 0.186 e. The van der Waals surface area contributed by atoms with E-state index in [9.17, 15) is 4.39 Å². The van der Waals surface area contributed by atoms with Crippen LogP contribution >= 0.6 is 34.5 Å². The fraction of sp³-hybridized carbons (Fsp3) is 0.407. The molecule has 0 amide bonds. The summed E-state index contributed by atoms with van der Waals surface area (Å²) in [5.41, 5.74) is 3.68. The SMILES string of the molecule is Fc1cccc2sc(N3CCC4(CC3)CC(c3c(-c5c(Cl)cccc5Cl)noc3C3CC3)C4)nc12. The van der Waals surface area contributed by atoms with Gasteiger partial charge in [0.2, 0.25) is 0 Å². The van der Waals surface area contributed by atoms with Gasteiger partial charge in [0, 0.05) is 30.1 Å². The van der Waals surface area contributed by atoms with Gasteiger partial charge in [-0.3, -0.25) is 0 Å². The molecule has 0 atom stereocenters. The largest absolute Gasteiger partial charge is 0.360 e. The van der Waals surface area contributed by atoms with Crippen LogP contribution in [0.1, 0.15) is 61.7 Å². The average Bonchev–Trinajstić information content (AvgIpc) is 3.43. The molecule has 0 unspecified atom stereocenters. The van der Waals surface area contributed by atoms with Gasteiger partial charge >= 0.3 is 0 Å². The van der Waals surface area contributed by atoms with E-state index >= 15 is 0 Å². The first-order chi connectivity index (χ1) is 17.0. The molecule has 8 heteroatoms. The Morgan fingerprint density at radius 1 is 1.00 bits per heavy atom. The van der Waals surface area contributed by atoms with Crippen molar-refractivity contribution in [1.29, 1.82) is 0 Å². The van der Waals surface area contributed by atoms with Crippen LogP contribution in [0.2, 0.25) is 10.0 Å². The molecule has 180 valence electrons. The number of anilines is 1. The molecule has 4 nitrogen and oxygen atoms in total. The quantitative estimate of drug-likeness (QED) is 0.267. The minimum atomic E-state index is -0.241. The highest BCUT2D eigenvalue weighted by molar-refractivity contribution is 7.22. The van der Waals surface area contributed by atoms with E-state index in [1.807, 2.05) is 24.3 Å². The molecule has 7 rings (SSSR count). The molecule has 0 N–H and O–H groups in total. The van der Waals surface area contributed by atoms with Crippen molar-refractivity contribution in [3.8, 4) is 11.3 Å². The first kappa shape index (κ1) is 22.1. The van der Waals surface area contributed by atoms with Crippen LogP contribution in [-0.4, -0.2) is 23.2 Å². The van der Waals surface area contributed by atoms with E-state index in [0.717, 1.165) is 78.5 Å². The zero-order valence-electron chi connectivity index (χ0n) is 19.1. The minimum Gasteiger partial charge on any atom is -0.360 e. The van der Waals surface area contributed by atoms with Gasteiger partial charge in [-0.15, -0.1) is 0 Å². The highest BCUT2D eigenvalue weighted by atomic mass is 35.5. The Morgan fingerprint density at radius 3 is 2.40 bits per heavy atom.